The molecule has 0 aliphatic rings. The third-order valence-corrected chi connectivity index (χ3v) is 2.98. The highest BCUT2D eigenvalue weighted by molar-refractivity contribution is 5.75. The standard InChI is InChI=1S/C13H26N2O4/c1-3-7-11(12(17)18)10-14-13(19)15(2)8-5-4-6-9-16/h11,16H,3-10H2,1-2H3,(H,14,19)(H,17,18). The van der Waals surface area contributed by atoms with Crippen molar-refractivity contribution in [1.29, 1.82) is 0 Å². The van der Waals surface area contributed by atoms with Crippen LogP contribution in [0, 0.1) is 5.92 Å². The van der Waals surface area contributed by atoms with Crippen LogP contribution >= 0.6 is 0 Å². The normalized spacial score (nSPS) is 11.9. The van der Waals surface area contributed by atoms with Gasteiger partial charge >= 0.3 is 12.0 Å². The van der Waals surface area contributed by atoms with E-state index in [1.807, 2.05) is 6.92 Å². The molecular formula is C13H26N2O4. The Kier molecular flexibility index (Phi) is 9.88. The minimum absolute atomic E-state index is 0.170. The summed E-state index contributed by atoms with van der Waals surface area (Å²) < 4.78 is 0. The predicted molar refractivity (Wildman–Crippen MR) is 73.0 cm³/mol. The Morgan fingerprint density at radius 1 is 1.26 bits per heavy atom. The van der Waals surface area contributed by atoms with Gasteiger partial charge in [-0.2, -0.15) is 0 Å². The highest BCUT2D eigenvalue weighted by atomic mass is 16.4. The van der Waals surface area contributed by atoms with E-state index in [0.717, 1.165) is 25.7 Å². The molecule has 6 nitrogen and oxygen atoms in total. The van der Waals surface area contributed by atoms with Gasteiger partial charge < -0.3 is 20.4 Å². The van der Waals surface area contributed by atoms with Crippen LogP contribution in [0.3, 0.4) is 0 Å². The summed E-state index contributed by atoms with van der Waals surface area (Å²) in [5, 5.41) is 20.3. The molecule has 6 heteroatoms. The number of aliphatic hydroxyl groups excluding tert-OH is 1. The summed E-state index contributed by atoms with van der Waals surface area (Å²) in [4.78, 5) is 24.2. The summed E-state index contributed by atoms with van der Waals surface area (Å²) in [6.07, 6.45) is 3.80. The third kappa shape index (κ3) is 8.42. The summed E-state index contributed by atoms with van der Waals surface area (Å²) in [5.74, 6) is -1.38. The van der Waals surface area contributed by atoms with Crippen molar-refractivity contribution in [3.63, 3.8) is 0 Å². The molecule has 112 valence electrons. The molecule has 0 spiro atoms. The molecule has 0 rings (SSSR count). The van der Waals surface area contributed by atoms with Gasteiger partial charge in [-0.3, -0.25) is 4.79 Å². The molecule has 0 radical (unpaired) electrons. The van der Waals surface area contributed by atoms with Gasteiger partial charge in [0.2, 0.25) is 0 Å². The fourth-order valence-corrected chi connectivity index (χ4v) is 1.75. The van der Waals surface area contributed by atoms with E-state index in [9.17, 15) is 9.59 Å². The van der Waals surface area contributed by atoms with E-state index in [2.05, 4.69) is 5.32 Å². The SMILES string of the molecule is CCCC(CNC(=O)N(C)CCCCCO)C(=O)O. The molecule has 0 aliphatic carbocycles. The Hall–Kier alpha value is -1.30. The maximum Gasteiger partial charge on any atom is 0.317 e. The zero-order chi connectivity index (χ0) is 14.7. The smallest absolute Gasteiger partial charge is 0.317 e. The number of hydrogen-bond acceptors (Lipinski definition) is 3. The number of carbonyl (C=O) groups is 2. The van der Waals surface area contributed by atoms with E-state index in [-0.39, 0.29) is 19.2 Å². The highest BCUT2D eigenvalue weighted by Crippen LogP contribution is 2.05. The predicted octanol–water partition coefficient (Wildman–Crippen LogP) is 1.29. The number of carbonyl (C=O) groups excluding carboxylic acids is 1. The van der Waals surface area contributed by atoms with Crippen molar-refractivity contribution >= 4 is 12.0 Å². The monoisotopic (exact) mass is 274 g/mol. The largest absolute Gasteiger partial charge is 0.481 e. The minimum atomic E-state index is -0.868. The number of carboxylic acid groups (broad SMARTS) is 1. The molecule has 0 fully saturated rings. The number of amides is 2. The molecule has 0 aromatic heterocycles. The van der Waals surface area contributed by atoms with Crippen molar-refractivity contribution < 1.29 is 19.8 Å². The van der Waals surface area contributed by atoms with E-state index in [1.165, 1.54) is 0 Å². The summed E-state index contributed by atoms with van der Waals surface area (Å²) >= 11 is 0. The lowest BCUT2D eigenvalue weighted by Gasteiger charge is -2.19. The van der Waals surface area contributed by atoms with Gasteiger partial charge in [0.15, 0.2) is 0 Å². The van der Waals surface area contributed by atoms with E-state index in [4.69, 9.17) is 10.2 Å². The van der Waals surface area contributed by atoms with E-state index in [0.29, 0.717) is 13.0 Å². The molecule has 0 aromatic carbocycles. The van der Waals surface area contributed by atoms with Gasteiger partial charge in [-0.15, -0.1) is 0 Å². The van der Waals surface area contributed by atoms with E-state index < -0.39 is 11.9 Å². The summed E-state index contributed by atoms with van der Waals surface area (Å²) in [6, 6.07) is -0.244. The quantitative estimate of drug-likeness (QED) is 0.524. The molecule has 1 unspecified atom stereocenters. The highest BCUT2D eigenvalue weighted by Gasteiger charge is 2.18. The lowest BCUT2D eigenvalue weighted by molar-refractivity contribution is -0.141. The first kappa shape index (κ1) is 17.7. The number of hydrogen-bond donors (Lipinski definition) is 3. The van der Waals surface area contributed by atoms with Crippen LogP contribution in [0.25, 0.3) is 0 Å². The number of urea groups is 1. The van der Waals surface area contributed by atoms with Crippen molar-refractivity contribution in [2.24, 2.45) is 5.92 Å². The number of aliphatic carboxylic acids is 1. The Morgan fingerprint density at radius 3 is 2.47 bits per heavy atom. The molecule has 3 N–H and O–H groups in total. The lowest BCUT2D eigenvalue weighted by Crippen LogP contribution is -2.41. The van der Waals surface area contributed by atoms with Crippen LogP contribution in [0.5, 0.6) is 0 Å². The second-order valence-electron chi connectivity index (χ2n) is 4.72. The van der Waals surface area contributed by atoms with Gasteiger partial charge in [0.25, 0.3) is 0 Å². The van der Waals surface area contributed by atoms with Gasteiger partial charge in [-0.05, 0) is 25.7 Å². The number of carboxylic acids is 1. The van der Waals surface area contributed by atoms with Crippen LogP contribution in [0.4, 0.5) is 4.79 Å². The number of aliphatic hydroxyl groups is 1. The maximum absolute atomic E-state index is 11.7. The Labute approximate surface area is 114 Å². The molecule has 0 saturated carbocycles. The minimum Gasteiger partial charge on any atom is -0.481 e. The number of unbranched alkanes of at least 4 members (excludes halogenated alkanes) is 2. The molecule has 19 heavy (non-hydrogen) atoms. The summed E-state index contributed by atoms with van der Waals surface area (Å²) in [5.41, 5.74) is 0. The lowest BCUT2D eigenvalue weighted by atomic mass is 10.0. The molecule has 0 saturated heterocycles. The van der Waals surface area contributed by atoms with Gasteiger partial charge in [0, 0.05) is 26.7 Å². The van der Waals surface area contributed by atoms with E-state index >= 15 is 0 Å². The van der Waals surface area contributed by atoms with Crippen LogP contribution in [0.2, 0.25) is 0 Å². The maximum atomic E-state index is 11.7. The average Bonchev–Trinajstić information content (AvgIpc) is 2.38. The summed E-state index contributed by atoms with van der Waals surface area (Å²) in [6.45, 7) is 2.87. The van der Waals surface area contributed by atoms with Crippen molar-refractivity contribution in [3.05, 3.63) is 0 Å². The van der Waals surface area contributed by atoms with Crippen LogP contribution in [-0.2, 0) is 4.79 Å². The molecule has 2 amide bonds. The average molecular weight is 274 g/mol. The first-order valence-electron chi connectivity index (χ1n) is 6.85. The van der Waals surface area contributed by atoms with Gasteiger partial charge in [0.05, 0.1) is 5.92 Å². The Bertz CT molecular complexity index is 271. The Balaban J connectivity index is 3.90. The van der Waals surface area contributed by atoms with Crippen molar-refractivity contribution in [3.8, 4) is 0 Å². The topological polar surface area (TPSA) is 89.9 Å². The second kappa shape index (κ2) is 10.6. The van der Waals surface area contributed by atoms with E-state index in [1.54, 1.807) is 11.9 Å². The Morgan fingerprint density at radius 2 is 1.95 bits per heavy atom. The van der Waals surface area contributed by atoms with Crippen molar-refractivity contribution in [2.75, 3.05) is 26.7 Å². The molecule has 0 heterocycles. The number of nitrogens with zero attached hydrogens (tertiary/aromatic N) is 1. The molecule has 0 aliphatic heterocycles. The fourth-order valence-electron chi connectivity index (χ4n) is 1.75. The zero-order valence-corrected chi connectivity index (χ0v) is 11.9. The zero-order valence-electron chi connectivity index (χ0n) is 11.9. The van der Waals surface area contributed by atoms with Gasteiger partial charge in [0.1, 0.15) is 0 Å². The van der Waals surface area contributed by atoms with Crippen LogP contribution < -0.4 is 5.32 Å². The van der Waals surface area contributed by atoms with Crippen molar-refractivity contribution in [2.45, 2.75) is 39.0 Å². The van der Waals surface area contributed by atoms with Crippen molar-refractivity contribution in [1.82, 2.24) is 10.2 Å². The summed E-state index contributed by atoms with van der Waals surface area (Å²) in [7, 11) is 1.68. The number of nitrogens with one attached hydrogen (secondary N) is 1. The molecule has 0 bridgehead atoms. The first-order valence-corrected chi connectivity index (χ1v) is 6.85. The third-order valence-electron chi connectivity index (χ3n) is 2.98. The number of rotatable bonds is 10. The van der Waals surface area contributed by atoms with Crippen LogP contribution in [0.15, 0.2) is 0 Å². The fraction of sp³-hybridized carbons (Fsp3) is 0.846. The van der Waals surface area contributed by atoms with Crippen LogP contribution in [0.1, 0.15) is 39.0 Å². The second-order valence-corrected chi connectivity index (χ2v) is 4.72. The van der Waals surface area contributed by atoms with Gasteiger partial charge in [-0.1, -0.05) is 13.3 Å². The molecular weight excluding hydrogens is 248 g/mol. The molecule has 1 atom stereocenters. The first-order chi connectivity index (χ1) is 9.02. The molecule has 0 aromatic rings. The van der Waals surface area contributed by atoms with Crippen LogP contribution in [-0.4, -0.2) is 53.9 Å². The van der Waals surface area contributed by atoms with Gasteiger partial charge in [-0.25, -0.2) is 4.79 Å².